The Morgan fingerprint density at radius 3 is 0.400 bits per heavy atom. The van der Waals surface area contributed by atoms with E-state index in [0.717, 1.165) is 0 Å². The van der Waals surface area contributed by atoms with Crippen LogP contribution in [0.15, 0.2) is 0 Å². The van der Waals surface area contributed by atoms with Crippen molar-refractivity contribution < 1.29 is 122 Å². The van der Waals surface area contributed by atoms with E-state index in [-0.39, 0.29) is 74.6 Å². The van der Waals surface area contributed by atoms with Gasteiger partial charge >= 0.3 is 216 Å². The molecular weight excluding hydrogens is 962 g/mol. The van der Waals surface area contributed by atoms with Crippen molar-refractivity contribution in [3.63, 3.8) is 0 Å². The molecule has 0 aliphatic rings. The molecule has 0 aliphatic carbocycles. The summed E-state index contributed by atoms with van der Waals surface area (Å²) in [7, 11) is 0. The van der Waals surface area contributed by atoms with E-state index in [2.05, 4.69) is 0 Å². The number of hydrogen-bond donors (Lipinski definition) is 0. The first kappa shape index (κ1) is 49.5. The smallest absolute Gasteiger partial charge is 3.00 e. The van der Waals surface area contributed by atoms with Crippen LogP contribution in [0, 0.1) is 74.6 Å². The SMILES string of the molecule is [Ho+3].[O]=[GeH][O-].[O]=[GeH][O-].[O]=[GeH][O-].[O]=[GeH][O-].[O]=[GeH][O-].[O]=[GeH][O-].[Tm+3]. The number of hydrogen-bond acceptors (Lipinski definition) is 12. The van der Waals surface area contributed by atoms with Crippen LogP contribution >= 0.6 is 0 Å². The normalized spacial score (nSPS) is 3.60. The Kier molecular flexibility index (Phi) is 288. The Morgan fingerprint density at radius 1 is 0.400 bits per heavy atom. The van der Waals surface area contributed by atoms with Gasteiger partial charge in [-0.15, -0.1) is 0 Å². The van der Waals surface area contributed by atoms with Gasteiger partial charge in [-0.05, 0) is 0 Å². The first-order valence-electron chi connectivity index (χ1n) is 2.83. The van der Waals surface area contributed by atoms with Gasteiger partial charge in [0.15, 0.2) is 0 Å². The molecule has 0 radical (unpaired) electrons. The molecule has 126 valence electrons. The van der Waals surface area contributed by atoms with Crippen LogP contribution in [-0.4, -0.2) is 94.2 Å². The van der Waals surface area contributed by atoms with Crippen LogP contribution in [-0.2, 0) is 22.7 Å². The maximum Gasteiger partial charge on any atom is 3.00 e. The molecule has 0 amide bonds. The average Bonchev–Trinajstić information content (AvgIpc) is 2.23. The molecule has 0 aromatic carbocycles. The van der Waals surface area contributed by atoms with Gasteiger partial charge in [0.25, 0.3) is 0 Å². The molecule has 0 unspecified atom stereocenters. The molecule has 0 saturated heterocycles. The molecule has 12 nitrogen and oxygen atoms in total. The third-order valence-corrected chi connectivity index (χ3v) is 0. The van der Waals surface area contributed by atoms with Crippen molar-refractivity contribution in [3.8, 4) is 0 Å². The van der Waals surface area contributed by atoms with Gasteiger partial charge in [0, 0.05) is 0 Å². The van der Waals surface area contributed by atoms with Gasteiger partial charge in [-0.3, -0.25) is 0 Å². The summed E-state index contributed by atoms with van der Waals surface area (Å²) in [4.78, 5) is 0. The fourth-order valence-corrected chi connectivity index (χ4v) is 0. The van der Waals surface area contributed by atoms with Crippen molar-refractivity contribution in [2.75, 3.05) is 0 Å². The molecule has 0 spiro atoms. The molecule has 0 fully saturated rings. The Morgan fingerprint density at radius 2 is 0.400 bits per heavy atom. The summed E-state index contributed by atoms with van der Waals surface area (Å²) in [6.07, 6.45) is 0. The van der Waals surface area contributed by atoms with Crippen molar-refractivity contribution in [1.82, 2.24) is 0 Å². The second-order valence-corrected chi connectivity index (χ2v) is 3.00. The van der Waals surface area contributed by atoms with Gasteiger partial charge in [-0.2, -0.15) is 0 Å². The van der Waals surface area contributed by atoms with Crippen LogP contribution in [0.1, 0.15) is 0 Å². The summed E-state index contributed by atoms with van der Waals surface area (Å²) >= 11 is -13.1. The van der Waals surface area contributed by atoms with E-state index >= 15 is 0 Å². The van der Waals surface area contributed by atoms with Crippen LogP contribution in [0.4, 0.5) is 0 Å². The zero-order valence-electron chi connectivity index (χ0n) is 8.94. The van der Waals surface area contributed by atoms with E-state index in [9.17, 15) is 0 Å². The van der Waals surface area contributed by atoms with Crippen LogP contribution in [0.25, 0.3) is 0 Å². The topological polar surface area (TPSA) is 241 Å². The molecule has 0 bridgehead atoms. The van der Waals surface area contributed by atoms with E-state index in [0.29, 0.717) is 0 Å². The third kappa shape index (κ3) is 788. The molecule has 20 heteroatoms. The van der Waals surface area contributed by atoms with Gasteiger partial charge in [-0.25, -0.2) is 0 Å². The minimum atomic E-state index is -2.19. The van der Waals surface area contributed by atoms with Gasteiger partial charge in [0.05, 0.1) is 0 Å². The molecule has 0 rings (SSSR count). The first-order chi connectivity index (χ1) is 8.49. The zero-order chi connectivity index (χ0) is 16.2. The standard InChI is InChI=1S/6GeHO2.Ho.Tm/c6*2-1-3;;/h6*1H;;/q6*-1;2*+3. The van der Waals surface area contributed by atoms with Crippen molar-refractivity contribution in [2.24, 2.45) is 0 Å². The maximum atomic E-state index is 8.53. The molecule has 0 aromatic rings. The molecular formula is H6Ge6HoO12Tm. The van der Waals surface area contributed by atoms with Gasteiger partial charge in [-0.1, -0.05) is 0 Å². The second kappa shape index (κ2) is 117. The Balaban J connectivity index is -0.0000000141. The zero-order valence-corrected chi connectivity index (χ0v) is 27.2. The van der Waals surface area contributed by atoms with Crippen molar-refractivity contribution in [3.05, 3.63) is 0 Å². The summed E-state index contributed by atoms with van der Waals surface area (Å²) in [5, 5.41) is 0. The minimum Gasteiger partial charge on any atom is 3.00 e. The number of rotatable bonds is 0. The summed E-state index contributed by atoms with van der Waals surface area (Å²) in [6, 6.07) is 0. The fraction of sp³-hybridized carbons (Fsp3) is 0. The summed E-state index contributed by atoms with van der Waals surface area (Å²) in [5.41, 5.74) is 0. The van der Waals surface area contributed by atoms with Crippen molar-refractivity contribution in [1.29, 1.82) is 0 Å². The van der Waals surface area contributed by atoms with Crippen molar-refractivity contribution >= 4 is 94.2 Å². The van der Waals surface area contributed by atoms with Crippen molar-refractivity contribution in [2.45, 2.75) is 0 Å². The largest absolute Gasteiger partial charge is 3.00 e. The van der Waals surface area contributed by atoms with Gasteiger partial charge in [0.1, 0.15) is 0 Å². The van der Waals surface area contributed by atoms with E-state index < -0.39 is 94.2 Å². The predicted molar refractivity (Wildman–Crippen MR) is 47.0 cm³/mol. The van der Waals surface area contributed by atoms with Crippen LogP contribution < -0.4 is 24.8 Å². The Labute approximate surface area is 212 Å². The molecule has 0 atom stereocenters. The molecule has 0 saturated carbocycles. The van der Waals surface area contributed by atoms with Crippen LogP contribution in [0.2, 0.25) is 0 Å². The molecule has 0 aliphatic heterocycles. The average molecular weight is 968 g/mol. The minimum absolute atomic E-state index is 0. The molecule has 20 heavy (non-hydrogen) atoms. The maximum absolute atomic E-state index is 8.53. The Bertz CT molecular complexity index is 119. The van der Waals surface area contributed by atoms with E-state index in [1.165, 1.54) is 0 Å². The third-order valence-electron chi connectivity index (χ3n) is 0. The molecule has 0 aromatic heterocycles. The first-order valence-corrected chi connectivity index (χ1v) is 14.7. The summed E-state index contributed by atoms with van der Waals surface area (Å²) < 4.78 is 102. The monoisotopic (exact) mass is 975 g/mol. The van der Waals surface area contributed by atoms with Gasteiger partial charge < -0.3 is 0 Å². The quantitative estimate of drug-likeness (QED) is 0.206. The van der Waals surface area contributed by atoms with E-state index in [4.69, 9.17) is 47.5 Å². The Hall–Kier alpha value is 3.35. The van der Waals surface area contributed by atoms with E-state index in [1.807, 2.05) is 0 Å². The van der Waals surface area contributed by atoms with Crippen LogP contribution in [0.5, 0.6) is 0 Å². The molecule has 0 heterocycles. The summed E-state index contributed by atoms with van der Waals surface area (Å²) in [6.45, 7) is 0. The summed E-state index contributed by atoms with van der Waals surface area (Å²) in [5.74, 6) is 0. The fourth-order valence-electron chi connectivity index (χ4n) is 0. The van der Waals surface area contributed by atoms with Gasteiger partial charge in [0.2, 0.25) is 0 Å². The predicted octanol–water partition coefficient (Wildman–Crippen LogP) is -11.7. The van der Waals surface area contributed by atoms with Crippen LogP contribution in [0.3, 0.4) is 0 Å². The molecule has 0 N–H and O–H groups in total. The van der Waals surface area contributed by atoms with E-state index in [1.54, 1.807) is 0 Å². The second-order valence-electron chi connectivity index (χ2n) is 0.577.